The van der Waals surface area contributed by atoms with Crippen molar-refractivity contribution in [1.82, 2.24) is 9.80 Å². The van der Waals surface area contributed by atoms with E-state index in [0.717, 1.165) is 0 Å². The van der Waals surface area contributed by atoms with E-state index in [4.69, 9.17) is 10.5 Å². The molecule has 0 heterocycles. The zero-order valence-corrected chi connectivity index (χ0v) is 12.3. The van der Waals surface area contributed by atoms with Gasteiger partial charge in [0.1, 0.15) is 5.75 Å². The topological polar surface area (TPSA) is 75.9 Å². The summed E-state index contributed by atoms with van der Waals surface area (Å²) in [6, 6.07) is 4.86. The Morgan fingerprint density at radius 3 is 2.40 bits per heavy atom. The van der Waals surface area contributed by atoms with Gasteiger partial charge in [-0.05, 0) is 25.1 Å². The fourth-order valence-electron chi connectivity index (χ4n) is 1.60. The molecular weight excluding hydrogens is 258 g/mol. The van der Waals surface area contributed by atoms with Crippen LogP contribution in [0.1, 0.15) is 17.3 Å². The van der Waals surface area contributed by atoms with Gasteiger partial charge in [-0.2, -0.15) is 0 Å². The second-order valence-electron chi connectivity index (χ2n) is 4.63. The van der Waals surface area contributed by atoms with Gasteiger partial charge in [-0.3, -0.25) is 9.59 Å². The minimum atomic E-state index is -0.255. The van der Waals surface area contributed by atoms with E-state index < -0.39 is 0 Å². The number of nitrogen functional groups attached to an aromatic ring is 1. The van der Waals surface area contributed by atoms with Gasteiger partial charge in [-0.25, -0.2) is 0 Å². The van der Waals surface area contributed by atoms with Gasteiger partial charge in [0.15, 0.2) is 0 Å². The summed E-state index contributed by atoms with van der Waals surface area (Å²) >= 11 is 0. The third-order valence-electron chi connectivity index (χ3n) is 2.77. The lowest BCUT2D eigenvalue weighted by Gasteiger charge is -2.19. The third-order valence-corrected chi connectivity index (χ3v) is 2.77. The van der Waals surface area contributed by atoms with Crippen molar-refractivity contribution in [3.8, 4) is 5.75 Å². The molecule has 1 aromatic rings. The number of carbonyl (C=O) groups is 2. The lowest BCUT2D eigenvalue weighted by molar-refractivity contribution is -0.129. The highest BCUT2D eigenvalue weighted by Gasteiger charge is 2.17. The first kappa shape index (κ1) is 15.8. The van der Waals surface area contributed by atoms with Gasteiger partial charge in [-0.15, -0.1) is 0 Å². The number of carbonyl (C=O) groups excluding carboxylic acids is 2. The predicted molar refractivity (Wildman–Crippen MR) is 77.7 cm³/mol. The summed E-state index contributed by atoms with van der Waals surface area (Å²) in [5, 5.41) is 0. The minimum absolute atomic E-state index is 0.0267. The molecule has 0 aliphatic carbocycles. The van der Waals surface area contributed by atoms with Crippen molar-refractivity contribution in [2.75, 3.05) is 40.0 Å². The normalized spacial score (nSPS) is 10.0. The second kappa shape index (κ2) is 6.79. The Morgan fingerprint density at radius 2 is 1.90 bits per heavy atom. The number of anilines is 1. The van der Waals surface area contributed by atoms with Gasteiger partial charge in [0.05, 0.1) is 18.8 Å². The van der Waals surface area contributed by atoms with Crippen LogP contribution in [0.15, 0.2) is 18.2 Å². The van der Waals surface area contributed by atoms with E-state index in [1.807, 2.05) is 6.92 Å². The molecule has 1 aromatic carbocycles. The van der Waals surface area contributed by atoms with Gasteiger partial charge in [-0.1, -0.05) is 0 Å². The Balaban J connectivity index is 2.81. The number of hydrogen-bond donors (Lipinski definition) is 1. The van der Waals surface area contributed by atoms with Crippen molar-refractivity contribution in [1.29, 1.82) is 0 Å². The van der Waals surface area contributed by atoms with Crippen LogP contribution < -0.4 is 10.5 Å². The van der Waals surface area contributed by atoms with Crippen LogP contribution in [0.3, 0.4) is 0 Å². The number of ether oxygens (including phenoxy) is 1. The van der Waals surface area contributed by atoms with Crippen molar-refractivity contribution in [3.63, 3.8) is 0 Å². The van der Waals surface area contributed by atoms with Crippen molar-refractivity contribution >= 4 is 17.5 Å². The summed E-state index contributed by atoms with van der Waals surface area (Å²) in [6.07, 6.45) is 0. The number of amides is 2. The van der Waals surface area contributed by atoms with E-state index in [0.29, 0.717) is 23.6 Å². The number of nitrogens with two attached hydrogens (primary N) is 1. The summed E-state index contributed by atoms with van der Waals surface area (Å²) < 4.78 is 5.32. The molecular formula is C14H21N3O3. The van der Waals surface area contributed by atoms with E-state index in [1.165, 1.54) is 9.80 Å². The molecule has 0 aliphatic rings. The molecule has 110 valence electrons. The maximum absolute atomic E-state index is 12.2. The molecule has 0 spiro atoms. The van der Waals surface area contributed by atoms with Gasteiger partial charge >= 0.3 is 0 Å². The molecule has 6 heteroatoms. The van der Waals surface area contributed by atoms with Gasteiger partial charge < -0.3 is 20.3 Å². The average molecular weight is 279 g/mol. The van der Waals surface area contributed by atoms with Crippen LogP contribution in [0.2, 0.25) is 0 Å². The molecule has 20 heavy (non-hydrogen) atoms. The average Bonchev–Trinajstić information content (AvgIpc) is 2.40. The SMILES string of the molecule is CCOc1ccc(C(=O)N(C)CC(=O)N(C)C)cc1N. The first-order valence-electron chi connectivity index (χ1n) is 6.34. The monoisotopic (exact) mass is 279 g/mol. The molecule has 2 N–H and O–H groups in total. The summed E-state index contributed by atoms with van der Waals surface area (Å²) in [5.41, 5.74) is 6.66. The summed E-state index contributed by atoms with van der Waals surface area (Å²) in [7, 11) is 4.88. The number of benzene rings is 1. The highest BCUT2D eigenvalue weighted by Crippen LogP contribution is 2.23. The van der Waals surface area contributed by atoms with Crippen molar-refractivity contribution in [2.45, 2.75) is 6.92 Å². The highest BCUT2D eigenvalue weighted by molar-refractivity contribution is 5.97. The smallest absolute Gasteiger partial charge is 0.254 e. The first-order chi connectivity index (χ1) is 9.36. The zero-order valence-electron chi connectivity index (χ0n) is 12.3. The van der Waals surface area contributed by atoms with Crippen LogP contribution in [-0.2, 0) is 4.79 Å². The second-order valence-corrected chi connectivity index (χ2v) is 4.63. The molecule has 0 bridgehead atoms. The fraction of sp³-hybridized carbons (Fsp3) is 0.429. The molecule has 0 atom stereocenters. The molecule has 0 saturated heterocycles. The maximum Gasteiger partial charge on any atom is 0.254 e. The first-order valence-corrected chi connectivity index (χ1v) is 6.34. The molecule has 0 fully saturated rings. The van der Waals surface area contributed by atoms with Crippen molar-refractivity contribution in [3.05, 3.63) is 23.8 Å². The molecule has 1 rings (SSSR count). The Bertz CT molecular complexity index is 500. The minimum Gasteiger partial charge on any atom is -0.492 e. The number of nitrogens with zero attached hydrogens (tertiary/aromatic N) is 2. The Morgan fingerprint density at radius 1 is 1.25 bits per heavy atom. The van der Waals surface area contributed by atoms with E-state index in [1.54, 1.807) is 39.3 Å². The summed E-state index contributed by atoms with van der Waals surface area (Å²) in [6.45, 7) is 2.40. The highest BCUT2D eigenvalue weighted by atomic mass is 16.5. The molecule has 0 unspecified atom stereocenters. The van der Waals surface area contributed by atoms with E-state index >= 15 is 0 Å². The molecule has 0 radical (unpaired) electrons. The molecule has 0 saturated carbocycles. The molecule has 6 nitrogen and oxygen atoms in total. The van der Waals surface area contributed by atoms with E-state index in [9.17, 15) is 9.59 Å². The van der Waals surface area contributed by atoms with E-state index in [2.05, 4.69) is 0 Å². The van der Waals surface area contributed by atoms with Crippen LogP contribution in [0.25, 0.3) is 0 Å². The third kappa shape index (κ3) is 3.88. The lowest BCUT2D eigenvalue weighted by Crippen LogP contribution is -2.37. The number of hydrogen-bond acceptors (Lipinski definition) is 4. The lowest BCUT2D eigenvalue weighted by atomic mass is 10.1. The van der Waals surface area contributed by atoms with Crippen LogP contribution in [-0.4, -0.2) is 55.9 Å². The number of likely N-dealkylation sites (N-methyl/N-ethyl adjacent to an activating group) is 2. The van der Waals surface area contributed by atoms with Crippen LogP contribution in [0.5, 0.6) is 5.75 Å². The molecule has 0 aliphatic heterocycles. The standard InChI is InChI=1S/C14H21N3O3/c1-5-20-12-7-6-10(8-11(12)15)14(19)17(4)9-13(18)16(2)3/h6-8H,5,9,15H2,1-4H3. The van der Waals surface area contributed by atoms with Gasteiger partial charge in [0.25, 0.3) is 5.91 Å². The predicted octanol–water partition coefficient (Wildman–Crippen LogP) is 0.828. The van der Waals surface area contributed by atoms with Crippen molar-refractivity contribution < 1.29 is 14.3 Å². The summed E-state index contributed by atoms with van der Waals surface area (Å²) in [5.74, 6) is 0.158. The van der Waals surface area contributed by atoms with Crippen molar-refractivity contribution in [2.24, 2.45) is 0 Å². The van der Waals surface area contributed by atoms with E-state index in [-0.39, 0.29) is 18.4 Å². The Hall–Kier alpha value is -2.24. The van der Waals surface area contributed by atoms with Gasteiger partial charge in [0, 0.05) is 26.7 Å². The Kier molecular flexibility index (Phi) is 5.37. The van der Waals surface area contributed by atoms with Crippen LogP contribution >= 0.6 is 0 Å². The van der Waals surface area contributed by atoms with Gasteiger partial charge in [0.2, 0.25) is 5.91 Å². The number of rotatable bonds is 5. The largest absolute Gasteiger partial charge is 0.492 e. The maximum atomic E-state index is 12.2. The molecule has 0 aromatic heterocycles. The molecule has 2 amide bonds. The quantitative estimate of drug-likeness (QED) is 0.810. The summed E-state index contributed by atoms with van der Waals surface area (Å²) in [4.78, 5) is 26.6. The van der Waals surface area contributed by atoms with Crippen LogP contribution in [0.4, 0.5) is 5.69 Å². The Labute approximate surface area is 119 Å². The fourth-order valence-corrected chi connectivity index (χ4v) is 1.60. The zero-order chi connectivity index (χ0) is 15.3. The van der Waals surface area contributed by atoms with Crippen LogP contribution in [0, 0.1) is 0 Å².